The monoisotopic (exact) mass is 340 g/mol. The van der Waals surface area contributed by atoms with Gasteiger partial charge in [0.2, 0.25) is 5.91 Å². The first-order valence-electron chi connectivity index (χ1n) is 9.27. The highest BCUT2D eigenvalue weighted by Crippen LogP contribution is 2.58. The Bertz CT molecular complexity index is 756. The van der Waals surface area contributed by atoms with Crippen molar-refractivity contribution in [3.8, 4) is 0 Å². The minimum absolute atomic E-state index is 0.0552. The Labute approximate surface area is 147 Å². The molecule has 132 valence electrons. The second kappa shape index (κ2) is 4.99. The van der Waals surface area contributed by atoms with E-state index >= 15 is 0 Å². The number of nitrogens with one attached hydrogen (secondary N) is 1. The van der Waals surface area contributed by atoms with Gasteiger partial charge in [0.1, 0.15) is 6.61 Å². The molecule has 0 bridgehead atoms. The van der Waals surface area contributed by atoms with Crippen LogP contribution in [0.4, 0.5) is 4.79 Å². The lowest BCUT2D eigenvalue weighted by molar-refractivity contribution is -0.140. The minimum Gasteiger partial charge on any atom is -0.447 e. The second-order valence-corrected chi connectivity index (χ2v) is 8.53. The second-order valence-electron chi connectivity index (χ2n) is 8.53. The molecule has 5 rings (SSSR count). The molecule has 3 atom stereocenters. The maximum absolute atomic E-state index is 12.7. The molecule has 2 saturated carbocycles. The van der Waals surface area contributed by atoms with Gasteiger partial charge < -0.3 is 15.0 Å². The summed E-state index contributed by atoms with van der Waals surface area (Å²) in [5.74, 6) is 2.24. The third-order valence-electron chi connectivity index (χ3n) is 6.89. The van der Waals surface area contributed by atoms with Crippen molar-refractivity contribution in [2.75, 3.05) is 19.7 Å². The number of carbonyl (C=O) groups excluding carboxylic acids is 2. The van der Waals surface area contributed by atoms with Crippen molar-refractivity contribution in [3.63, 3.8) is 0 Å². The van der Waals surface area contributed by atoms with E-state index in [1.54, 1.807) is 0 Å². The Morgan fingerprint density at radius 2 is 1.92 bits per heavy atom. The Morgan fingerprint density at radius 1 is 1.20 bits per heavy atom. The van der Waals surface area contributed by atoms with E-state index in [-0.39, 0.29) is 23.5 Å². The van der Waals surface area contributed by atoms with E-state index in [9.17, 15) is 9.59 Å². The number of likely N-dealkylation sites (tertiary alicyclic amines) is 1. The molecule has 2 aliphatic carbocycles. The Kier molecular flexibility index (Phi) is 3.04. The summed E-state index contributed by atoms with van der Waals surface area (Å²) in [5.41, 5.74) is 3.88. The Morgan fingerprint density at radius 3 is 2.52 bits per heavy atom. The molecule has 1 spiro atoms. The van der Waals surface area contributed by atoms with E-state index in [1.807, 2.05) is 0 Å². The highest BCUT2D eigenvalue weighted by Gasteiger charge is 2.59. The zero-order valence-electron chi connectivity index (χ0n) is 14.7. The fraction of sp³-hybridized carbons (Fsp3) is 0.600. The average Bonchev–Trinajstić information content (AvgIpc) is 2.91. The molecule has 2 amide bonds. The zero-order valence-corrected chi connectivity index (χ0v) is 14.7. The number of fused-ring (bicyclic) bond motifs is 1. The molecule has 1 N–H and O–H groups in total. The van der Waals surface area contributed by atoms with Crippen LogP contribution in [0.3, 0.4) is 0 Å². The van der Waals surface area contributed by atoms with Crippen molar-refractivity contribution < 1.29 is 14.3 Å². The molecule has 5 nitrogen and oxygen atoms in total. The predicted molar refractivity (Wildman–Crippen MR) is 92.2 cm³/mol. The minimum atomic E-state index is -0.343. The van der Waals surface area contributed by atoms with Crippen molar-refractivity contribution in [2.24, 2.45) is 17.8 Å². The van der Waals surface area contributed by atoms with Crippen molar-refractivity contribution >= 4 is 12.0 Å². The lowest BCUT2D eigenvalue weighted by atomic mass is 9.68. The standard InChI is InChI=1S/C20H24N2O3/c1-11-3-4-13(5-12(11)2)17-15-8-22(9-16(15)17)18(23)14-6-20(7-14)10-25-19(24)21-20/h3-5,14-17H,6-10H2,1-2H3,(H,21,24)/t14-,15-,16+,17+,20+. The number of carbonyl (C=O) groups is 2. The summed E-state index contributed by atoms with van der Waals surface area (Å²) < 4.78 is 4.99. The molecular weight excluding hydrogens is 316 g/mol. The fourth-order valence-corrected chi connectivity index (χ4v) is 5.20. The van der Waals surface area contributed by atoms with Crippen LogP contribution in [0.25, 0.3) is 0 Å². The van der Waals surface area contributed by atoms with E-state index in [4.69, 9.17) is 4.74 Å². The molecule has 4 fully saturated rings. The highest BCUT2D eigenvalue weighted by atomic mass is 16.6. The molecule has 5 heteroatoms. The molecule has 4 aliphatic rings. The van der Waals surface area contributed by atoms with Crippen LogP contribution in [0.5, 0.6) is 0 Å². The Hall–Kier alpha value is -2.04. The molecule has 2 heterocycles. The van der Waals surface area contributed by atoms with Gasteiger partial charge in [0.25, 0.3) is 0 Å². The molecule has 0 radical (unpaired) electrons. The number of alkyl carbamates (subject to hydrolysis) is 1. The third kappa shape index (κ3) is 2.28. The summed E-state index contributed by atoms with van der Waals surface area (Å²) in [7, 11) is 0. The summed E-state index contributed by atoms with van der Waals surface area (Å²) in [6.07, 6.45) is 1.11. The summed E-state index contributed by atoms with van der Waals surface area (Å²) in [6, 6.07) is 6.80. The highest BCUT2D eigenvalue weighted by molar-refractivity contribution is 5.82. The maximum Gasteiger partial charge on any atom is 0.407 e. The van der Waals surface area contributed by atoms with Crippen LogP contribution < -0.4 is 5.32 Å². The third-order valence-corrected chi connectivity index (χ3v) is 6.89. The average molecular weight is 340 g/mol. The largest absolute Gasteiger partial charge is 0.447 e. The number of ether oxygens (including phenoxy) is 1. The summed E-state index contributed by atoms with van der Waals surface area (Å²) in [4.78, 5) is 26.0. The molecule has 0 unspecified atom stereocenters. The maximum atomic E-state index is 12.7. The number of aryl methyl sites for hydroxylation is 2. The number of piperidine rings is 1. The fourth-order valence-electron chi connectivity index (χ4n) is 5.20. The number of benzene rings is 1. The smallest absolute Gasteiger partial charge is 0.407 e. The van der Waals surface area contributed by atoms with E-state index < -0.39 is 0 Å². The van der Waals surface area contributed by atoms with E-state index in [1.165, 1.54) is 16.7 Å². The molecule has 2 aliphatic heterocycles. The van der Waals surface area contributed by atoms with Gasteiger partial charge in [-0.3, -0.25) is 4.79 Å². The molecule has 25 heavy (non-hydrogen) atoms. The van der Waals surface area contributed by atoms with Gasteiger partial charge in [0, 0.05) is 19.0 Å². The Balaban J connectivity index is 1.18. The lowest BCUT2D eigenvalue weighted by Crippen LogP contribution is -2.58. The first-order valence-corrected chi connectivity index (χ1v) is 9.27. The van der Waals surface area contributed by atoms with Crippen LogP contribution in [-0.4, -0.2) is 42.1 Å². The van der Waals surface area contributed by atoms with Gasteiger partial charge >= 0.3 is 6.09 Å². The van der Waals surface area contributed by atoms with E-state index in [0.717, 1.165) is 25.9 Å². The lowest BCUT2D eigenvalue weighted by Gasteiger charge is -2.43. The van der Waals surface area contributed by atoms with E-state index in [0.29, 0.717) is 24.4 Å². The molecule has 2 saturated heterocycles. The number of cyclic esters (lactones) is 1. The molecule has 0 aromatic heterocycles. The van der Waals surface area contributed by atoms with Crippen molar-refractivity contribution in [2.45, 2.75) is 38.1 Å². The normalized spacial score (nSPS) is 38.2. The molecular formula is C20H24N2O3. The van der Waals surface area contributed by atoms with Gasteiger partial charge in [-0.1, -0.05) is 18.2 Å². The van der Waals surface area contributed by atoms with Crippen molar-refractivity contribution in [3.05, 3.63) is 34.9 Å². The number of hydrogen-bond donors (Lipinski definition) is 1. The number of amides is 2. The van der Waals surface area contributed by atoms with Crippen LogP contribution in [-0.2, 0) is 9.53 Å². The zero-order chi connectivity index (χ0) is 17.3. The quantitative estimate of drug-likeness (QED) is 0.899. The van der Waals surface area contributed by atoms with Crippen LogP contribution in [0.2, 0.25) is 0 Å². The topological polar surface area (TPSA) is 58.6 Å². The van der Waals surface area contributed by atoms with Crippen molar-refractivity contribution in [1.29, 1.82) is 0 Å². The van der Waals surface area contributed by atoms with Gasteiger partial charge in [-0.15, -0.1) is 0 Å². The van der Waals surface area contributed by atoms with Gasteiger partial charge in [0.15, 0.2) is 0 Å². The first kappa shape index (κ1) is 15.2. The summed E-state index contributed by atoms with van der Waals surface area (Å²) in [5, 5.41) is 2.87. The van der Waals surface area contributed by atoms with Crippen LogP contribution in [0, 0.1) is 31.6 Å². The predicted octanol–water partition coefficient (Wildman–Crippen LogP) is 2.36. The van der Waals surface area contributed by atoms with Gasteiger partial charge in [-0.2, -0.15) is 0 Å². The summed E-state index contributed by atoms with van der Waals surface area (Å²) in [6.45, 7) is 6.53. The van der Waals surface area contributed by atoms with Crippen molar-refractivity contribution in [1.82, 2.24) is 10.2 Å². The molecule has 1 aromatic carbocycles. The van der Waals surface area contributed by atoms with Gasteiger partial charge in [-0.05, 0) is 61.1 Å². The van der Waals surface area contributed by atoms with E-state index in [2.05, 4.69) is 42.3 Å². The van der Waals surface area contributed by atoms with Crippen LogP contribution in [0.1, 0.15) is 35.4 Å². The van der Waals surface area contributed by atoms with Crippen LogP contribution in [0.15, 0.2) is 18.2 Å². The van der Waals surface area contributed by atoms with Crippen LogP contribution >= 0.6 is 0 Å². The van der Waals surface area contributed by atoms with Gasteiger partial charge in [-0.25, -0.2) is 4.79 Å². The molecule has 1 aromatic rings. The summed E-state index contributed by atoms with van der Waals surface area (Å²) >= 11 is 0. The number of nitrogens with zero attached hydrogens (tertiary/aromatic N) is 1. The SMILES string of the molecule is Cc1ccc([C@H]2[C@@H]3CN(C(=O)[C@H]4C[C@]5(COC(=O)N5)C4)C[C@@H]32)cc1C. The first-order chi connectivity index (χ1) is 12.0. The van der Waals surface area contributed by atoms with Gasteiger partial charge in [0.05, 0.1) is 5.54 Å². The number of rotatable bonds is 2. The number of hydrogen-bond acceptors (Lipinski definition) is 3.